The van der Waals surface area contributed by atoms with Crippen LogP contribution in [0.3, 0.4) is 0 Å². The van der Waals surface area contributed by atoms with E-state index in [9.17, 15) is 0 Å². The highest BCUT2D eigenvalue weighted by Gasteiger charge is 2.19. The number of aryl methyl sites for hydroxylation is 3. The number of hydrogen-bond donors (Lipinski definition) is 0. The molecule has 1 nitrogen and oxygen atoms in total. The van der Waals surface area contributed by atoms with Crippen LogP contribution < -0.4 is 4.74 Å². The molecule has 20 heavy (non-hydrogen) atoms. The van der Waals surface area contributed by atoms with Crippen molar-refractivity contribution in [2.75, 3.05) is 6.61 Å². The largest absolute Gasteiger partial charge is 0.493 e. The van der Waals surface area contributed by atoms with Crippen LogP contribution in [0.1, 0.15) is 45.9 Å². The van der Waals surface area contributed by atoms with Crippen LogP contribution >= 0.6 is 0 Å². The molecule has 0 aliphatic heterocycles. The van der Waals surface area contributed by atoms with Gasteiger partial charge < -0.3 is 4.74 Å². The summed E-state index contributed by atoms with van der Waals surface area (Å²) in [5, 5.41) is 2.70. The molecule has 0 spiro atoms. The standard InChI is InChI=1S/C19H26O/c1-9-20-19-16(8)12(4)14(6)17-13(5)10(2)11(3)15(7)18(17)19/h9H2,1-8H3. The Morgan fingerprint density at radius 1 is 0.550 bits per heavy atom. The molecule has 0 saturated heterocycles. The third-order valence-corrected chi connectivity index (χ3v) is 5.04. The van der Waals surface area contributed by atoms with Crippen LogP contribution in [0.2, 0.25) is 0 Å². The van der Waals surface area contributed by atoms with Crippen molar-refractivity contribution in [2.24, 2.45) is 0 Å². The Balaban J connectivity index is 3.13. The van der Waals surface area contributed by atoms with E-state index in [0.29, 0.717) is 6.61 Å². The molecule has 0 bridgehead atoms. The highest BCUT2D eigenvalue weighted by molar-refractivity contribution is 5.99. The van der Waals surface area contributed by atoms with E-state index in [2.05, 4.69) is 55.4 Å². The van der Waals surface area contributed by atoms with E-state index in [1.807, 2.05) is 0 Å². The van der Waals surface area contributed by atoms with Gasteiger partial charge in [-0.2, -0.15) is 0 Å². The fraction of sp³-hybridized carbons (Fsp3) is 0.474. The van der Waals surface area contributed by atoms with Crippen molar-refractivity contribution in [1.82, 2.24) is 0 Å². The first-order valence-corrected chi connectivity index (χ1v) is 7.45. The minimum Gasteiger partial charge on any atom is -0.493 e. The fourth-order valence-corrected chi connectivity index (χ4v) is 3.22. The van der Waals surface area contributed by atoms with Crippen LogP contribution in [-0.2, 0) is 0 Å². The lowest BCUT2D eigenvalue weighted by atomic mass is 9.85. The topological polar surface area (TPSA) is 9.23 Å². The zero-order chi connectivity index (χ0) is 15.2. The SMILES string of the molecule is CCOc1c(C)c(C)c(C)c2c(C)c(C)c(C)c(C)c12. The maximum atomic E-state index is 6.02. The molecule has 0 saturated carbocycles. The van der Waals surface area contributed by atoms with Crippen molar-refractivity contribution in [3.63, 3.8) is 0 Å². The van der Waals surface area contributed by atoms with Crippen molar-refractivity contribution in [3.8, 4) is 5.75 Å². The summed E-state index contributed by atoms with van der Waals surface area (Å²) in [6.07, 6.45) is 0. The summed E-state index contributed by atoms with van der Waals surface area (Å²) in [5.41, 5.74) is 9.57. The lowest BCUT2D eigenvalue weighted by molar-refractivity contribution is 0.341. The number of fused-ring (bicyclic) bond motifs is 1. The second-order valence-electron chi connectivity index (χ2n) is 5.89. The van der Waals surface area contributed by atoms with E-state index in [1.165, 1.54) is 49.7 Å². The van der Waals surface area contributed by atoms with Crippen molar-refractivity contribution in [3.05, 3.63) is 38.9 Å². The Kier molecular flexibility index (Phi) is 3.82. The highest BCUT2D eigenvalue weighted by Crippen LogP contribution is 2.41. The van der Waals surface area contributed by atoms with Crippen molar-refractivity contribution in [1.29, 1.82) is 0 Å². The molecular weight excluding hydrogens is 244 g/mol. The molecule has 1 heteroatoms. The summed E-state index contributed by atoms with van der Waals surface area (Å²) >= 11 is 0. The summed E-state index contributed by atoms with van der Waals surface area (Å²) in [6, 6.07) is 0. The lowest BCUT2D eigenvalue weighted by Crippen LogP contribution is -2.04. The van der Waals surface area contributed by atoms with Gasteiger partial charge in [-0.05, 0) is 99.7 Å². The third-order valence-electron chi connectivity index (χ3n) is 5.04. The molecule has 2 aromatic rings. The van der Waals surface area contributed by atoms with Gasteiger partial charge in [-0.25, -0.2) is 0 Å². The molecule has 2 aromatic carbocycles. The lowest BCUT2D eigenvalue weighted by Gasteiger charge is -2.22. The van der Waals surface area contributed by atoms with E-state index in [0.717, 1.165) is 5.75 Å². The van der Waals surface area contributed by atoms with Crippen LogP contribution in [0, 0.1) is 48.5 Å². The first kappa shape index (κ1) is 14.9. The average molecular weight is 270 g/mol. The zero-order valence-corrected chi connectivity index (χ0v) is 14.1. The maximum Gasteiger partial charge on any atom is 0.130 e. The second-order valence-corrected chi connectivity index (χ2v) is 5.89. The average Bonchev–Trinajstić information content (AvgIpc) is 2.43. The van der Waals surface area contributed by atoms with E-state index in [-0.39, 0.29) is 0 Å². The molecule has 0 radical (unpaired) electrons. The second kappa shape index (κ2) is 5.12. The molecule has 0 aromatic heterocycles. The van der Waals surface area contributed by atoms with E-state index in [4.69, 9.17) is 4.74 Å². The van der Waals surface area contributed by atoms with Gasteiger partial charge in [0, 0.05) is 5.39 Å². The van der Waals surface area contributed by atoms with Gasteiger partial charge in [0.15, 0.2) is 0 Å². The predicted molar refractivity (Wildman–Crippen MR) is 88.3 cm³/mol. The zero-order valence-electron chi connectivity index (χ0n) is 14.1. The number of benzene rings is 2. The number of ether oxygens (including phenoxy) is 1. The van der Waals surface area contributed by atoms with Crippen LogP contribution in [0.15, 0.2) is 0 Å². The normalized spacial score (nSPS) is 11.2. The van der Waals surface area contributed by atoms with E-state index in [1.54, 1.807) is 0 Å². The Hall–Kier alpha value is -1.50. The summed E-state index contributed by atoms with van der Waals surface area (Å²) in [6.45, 7) is 18.3. The molecular formula is C19H26O. The Morgan fingerprint density at radius 3 is 1.40 bits per heavy atom. The van der Waals surface area contributed by atoms with Crippen LogP contribution in [0.25, 0.3) is 10.8 Å². The van der Waals surface area contributed by atoms with Gasteiger partial charge in [-0.3, -0.25) is 0 Å². The van der Waals surface area contributed by atoms with Crippen molar-refractivity contribution in [2.45, 2.75) is 55.4 Å². The Bertz CT molecular complexity index is 685. The summed E-state index contributed by atoms with van der Waals surface area (Å²) < 4.78 is 6.02. The predicted octanol–water partition coefficient (Wildman–Crippen LogP) is 5.40. The molecule has 0 aliphatic carbocycles. The van der Waals surface area contributed by atoms with Gasteiger partial charge in [0.05, 0.1) is 6.61 Å². The molecule has 0 heterocycles. The molecule has 2 rings (SSSR count). The molecule has 0 fully saturated rings. The van der Waals surface area contributed by atoms with Crippen molar-refractivity contribution >= 4 is 10.8 Å². The van der Waals surface area contributed by atoms with Gasteiger partial charge in [0.25, 0.3) is 0 Å². The van der Waals surface area contributed by atoms with Gasteiger partial charge in [0.1, 0.15) is 5.75 Å². The summed E-state index contributed by atoms with van der Waals surface area (Å²) in [7, 11) is 0. The van der Waals surface area contributed by atoms with Gasteiger partial charge >= 0.3 is 0 Å². The van der Waals surface area contributed by atoms with Gasteiger partial charge in [0.2, 0.25) is 0 Å². The minimum absolute atomic E-state index is 0.712. The highest BCUT2D eigenvalue weighted by atomic mass is 16.5. The van der Waals surface area contributed by atoms with Gasteiger partial charge in [-0.15, -0.1) is 0 Å². The van der Waals surface area contributed by atoms with Crippen LogP contribution in [0.5, 0.6) is 5.75 Å². The van der Waals surface area contributed by atoms with Crippen LogP contribution in [-0.4, -0.2) is 6.61 Å². The Morgan fingerprint density at radius 2 is 0.950 bits per heavy atom. The summed E-state index contributed by atoms with van der Waals surface area (Å²) in [5.74, 6) is 1.08. The molecule has 0 aliphatic rings. The first-order valence-electron chi connectivity index (χ1n) is 7.45. The minimum atomic E-state index is 0.712. The van der Waals surface area contributed by atoms with E-state index >= 15 is 0 Å². The quantitative estimate of drug-likeness (QED) is 0.710. The molecule has 0 N–H and O–H groups in total. The smallest absolute Gasteiger partial charge is 0.130 e. The molecule has 108 valence electrons. The van der Waals surface area contributed by atoms with Gasteiger partial charge in [-0.1, -0.05) is 0 Å². The third kappa shape index (κ3) is 1.91. The first-order chi connectivity index (χ1) is 9.32. The Labute approximate surface area is 123 Å². The molecule has 0 unspecified atom stereocenters. The van der Waals surface area contributed by atoms with Crippen molar-refractivity contribution < 1.29 is 4.74 Å². The molecule has 0 amide bonds. The van der Waals surface area contributed by atoms with Crippen LogP contribution in [0.4, 0.5) is 0 Å². The summed E-state index contributed by atoms with van der Waals surface area (Å²) in [4.78, 5) is 0. The fourth-order valence-electron chi connectivity index (χ4n) is 3.22. The maximum absolute atomic E-state index is 6.02. The monoisotopic (exact) mass is 270 g/mol. The van der Waals surface area contributed by atoms with E-state index < -0.39 is 0 Å². The molecule has 0 atom stereocenters. The number of rotatable bonds is 2. The number of hydrogen-bond acceptors (Lipinski definition) is 1.